The average molecular weight is 195 g/mol. The Morgan fingerprint density at radius 3 is 3.31 bits per heavy atom. The van der Waals surface area contributed by atoms with Crippen LogP contribution in [0.2, 0.25) is 0 Å². The third-order valence-corrected chi connectivity index (χ3v) is 3.22. The van der Waals surface area contributed by atoms with Crippen LogP contribution in [0.5, 0.6) is 11.5 Å². The Balaban J connectivity index is 2.16. The molecule has 0 radical (unpaired) electrons. The van der Waals surface area contributed by atoms with Gasteiger partial charge in [0.2, 0.25) is 6.79 Å². The van der Waals surface area contributed by atoms with Crippen LogP contribution in [-0.2, 0) is 0 Å². The van der Waals surface area contributed by atoms with Gasteiger partial charge in [0, 0.05) is 4.90 Å². The van der Waals surface area contributed by atoms with Crippen LogP contribution in [0.4, 0.5) is 5.69 Å². The minimum Gasteiger partial charge on any atom is -0.454 e. The standard InChI is InChI=1S/C9H9NO2S/c1-5-10-8-7(13-5)3-2-6-9(8)12-4-11-6/h2-3,5,10H,4H2,1H3. The SMILES string of the molecule is CC1Nc2c(ccc3c2OCO3)S1. The van der Waals surface area contributed by atoms with Crippen molar-refractivity contribution >= 4 is 17.4 Å². The summed E-state index contributed by atoms with van der Waals surface area (Å²) >= 11 is 1.81. The molecule has 68 valence electrons. The molecule has 0 amide bonds. The Morgan fingerprint density at radius 2 is 2.38 bits per heavy atom. The largest absolute Gasteiger partial charge is 0.454 e. The second-order valence-corrected chi connectivity index (χ2v) is 4.46. The molecule has 2 aliphatic rings. The summed E-state index contributed by atoms with van der Waals surface area (Å²) in [4.78, 5) is 1.25. The first-order valence-corrected chi connectivity index (χ1v) is 5.08. The molecule has 0 saturated carbocycles. The monoisotopic (exact) mass is 195 g/mol. The molecule has 0 spiro atoms. The topological polar surface area (TPSA) is 30.5 Å². The lowest BCUT2D eigenvalue weighted by Crippen LogP contribution is -2.03. The number of hydrogen-bond acceptors (Lipinski definition) is 4. The molecule has 0 bridgehead atoms. The summed E-state index contributed by atoms with van der Waals surface area (Å²) in [6.45, 7) is 2.47. The van der Waals surface area contributed by atoms with Gasteiger partial charge in [0.05, 0.1) is 11.1 Å². The van der Waals surface area contributed by atoms with Gasteiger partial charge in [0.25, 0.3) is 0 Å². The van der Waals surface area contributed by atoms with Gasteiger partial charge in [-0.3, -0.25) is 0 Å². The molecule has 1 aromatic carbocycles. The highest BCUT2D eigenvalue weighted by molar-refractivity contribution is 8.00. The van der Waals surface area contributed by atoms with E-state index in [1.165, 1.54) is 4.90 Å². The third-order valence-electron chi connectivity index (χ3n) is 2.15. The maximum absolute atomic E-state index is 5.39. The van der Waals surface area contributed by atoms with E-state index in [-0.39, 0.29) is 0 Å². The maximum Gasteiger partial charge on any atom is 0.231 e. The van der Waals surface area contributed by atoms with E-state index in [0.717, 1.165) is 17.2 Å². The number of ether oxygens (including phenoxy) is 2. The van der Waals surface area contributed by atoms with Crippen LogP contribution in [0.1, 0.15) is 6.92 Å². The van der Waals surface area contributed by atoms with Crippen molar-refractivity contribution in [3.8, 4) is 11.5 Å². The average Bonchev–Trinajstić information content (AvgIpc) is 2.65. The molecule has 1 atom stereocenters. The number of rotatable bonds is 0. The van der Waals surface area contributed by atoms with Gasteiger partial charge < -0.3 is 14.8 Å². The molecule has 3 nitrogen and oxygen atoms in total. The Kier molecular flexibility index (Phi) is 1.41. The third kappa shape index (κ3) is 0.983. The molecule has 1 unspecified atom stereocenters. The lowest BCUT2D eigenvalue weighted by molar-refractivity contribution is 0.174. The Hall–Kier alpha value is -1.03. The fraction of sp³-hybridized carbons (Fsp3) is 0.333. The first-order valence-electron chi connectivity index (χ1n) is 4.20. The van der Waals surface area contributed by atoms with Gasteiger partial charge in [0.1, 0.15) is 0 Å². The van der Waals surface area contributed by atoms with Gasteiger partial charge in [0.15, 0.2) is 11.5 Å². The highest BCUT2D eigenvalue weighted by Gasteiger charge is 2.26. The Morgan fingerprint density at radius 1 is 1.46 bits per heavy atom. The van der Waals surface area contributed by atoms with Gasteiger partial charge in [-0.05, 0) is 19.1 Å². The summed E-state index contributed by atoms with van der Waals surface area (Å²) in [7, 11) is 0. The molecule has 13 heavy (non-hydrogen) atoms. The Bertz CT molecular complexity index is 367. The fourth-order valence-electron chi connectivity index (χ4n) is 1.61. The van der Waals surface area contributed by atoms with E-state index in [0.29, 0.717) is 12.2 Å². The van der Waals surface area contributed by atoms with E-state index in [1.54, 1.807) is 0 Å². The minimum absolute atomic E-state index is 0.340. The maximum atomic E-state index is 5.39. The molecule has 4 heteroatoms. The predicted octanol–water partition coefficient (Wildman–Crippen LogP) is 2.28. The minimum atomic E-state index is 0.340. The lowest BCUT2D eigenvalue weighted by atomic mass is 10.2. The zero-order chi connectivity index (χ0) is 8.84. The lowest BCUT2D eigenvalue weighted by Gasteiger charge is -2.04. The van der Waals surface area contributed by atoms with Crippen molar-refractivity contribution in [3.63, 3.8) is 0 Å². The van der Waals surface area contributed by atoms with Crippen LogP contribution in [0.3, 0.4) is 0 Å². The number of benzene rings is 1. The Labute approximate surface area is 80.4 Å². The first-order chi connectivity index (χ1) is 6.34. The van der Waals surface area contributed by atoms with Crippen LogP contribution < -0.4 is 14.8 Å². The summed E-state index contributed by atoms with van der Waals surface area (Å²) < 4.78 is 10.7. The van der Waals surface area contributed by atoms with E-state index in [4.69, 9.17) is 9.47 Å². The molecule has 0 aliphatic carbocycles. The van der Waals surface area contributed by atoms with Gasteiger partial charge in [-0.1, -0.05) is 11.8 Å². The zero-order valence-corrected chi connectivity index (χ0v) is 7.98. The fourth-order valence-corrected chi connectivity index (χ4v) is 2.59. The van der Waals surface area contributed by atoms with Crippen LogP contribution in [0.25, 0.3) is 0 Å². The molecular formula is C9H9NO2S. The molecule has 0 saturated heterocycles. The van der Waals surface area contributed by atoms with Crippen LogP contribution in [0, 0.1) is 0 Å². The van der Waals surface area contributed by atoms with Crippen molar-refractivity contribution in [1.29, 1.82) is 0 Å². The summed E-state index contributed by atoms with van der Waals surface area (Å²) in [6, 6.07) is 4.04. The van der Waals surface area contributed by atoms with Gasteiger partial charge in [-0.15, -0.1) is 0 Å². The molecule has 0 fully saturated rings. The van der Waals surface area contributed by atoms with Crippen molar-refractivity contribution in [2.45, 2.75) is 17.2 Å². The number of nitrogens with one attached hydrogen (secondary N) is 1. The second kappa shape index (κ2) is 2.48. The summed E-state index contributed by atoms with van der Waals surface area (Å²) in [5.41, 5.74) is 1.09. The highest BCUT2D eigenvalue weighted by Crippen LogP contribution is 2.49. The van der Waals surface area contributed by atoms with Gasteiger partial charge in [-0.25, -0.2) is 0 Å². The van der Waals surface area contributed by atoms with Gasteiger partial charge >= 0.3 is 0 Å². The summed E-state index contributed by atoms with van der Waals surface area (Å²) in [6.07, 6.45) is 0. The van der Waals surface area contributed by atoms with Crippen LogP contribution >= 0.6 is 11.8 Å². The predicted molar refractivity (Wildman–Crippen MR) is 51.5 cm³/mol. The van der Waals surface area contributed by atoms with Crippen LogP contribution in [-0.4, -0.2) is 12.2 Å². The van der Waals surface area contributed by atoms with E-state index in [2.05, 4.69) is 18.3 Å². The number of anilines is 1. The normalized spacial score (nSPS) is 22.7. The molecule has 3 rings (SSSR count). The molecule has 0 aromatic heterocycles. The molecule has 2 heterocycles. The summed E-state index contributed by atoms with van der Waals surface area (Å²) in [5, 5.41) is 3.78. The molecule has 2 aliphatic heterocycles. The number of thioether (sulfide) groups is 1. The number of fused-ring (bicyclic) bond motifs is 3. The van der Waals surface area contributed by atoms with E-state index >= 15 is 0 Å². The summed E-state index contributed by atoms with van der Waals surface area (Å²) in [5.74, 6) is 1.72. The van der Waals surface area contributed by atoms with E-state index in [9.17, 15) is 0 Å². The van der Waals surface area contributed by atoms with Crippen LogP contribution in [0.15, 0.2) is 17.0 Å². The zero-order valence-electron chi connectivity index (χ0n) is 7.16. The van der Waals surface area contributed by atoms with Crippen molar-refractivity contribution < 1.29 is 9.47 Å². The number of hydrogen-bond donors (Lipinski definition) is 1. The highest BCUT2D eigenvalue weighted by atomic mass is 32.2. The van der Waals surface area contributed by atoms with Crippen molar-refractivity contribution in [1.82, 2.24) is 0 Å². The molecule has 1 aromatic rings. The van der Waals surface area contributed by atoms with Crippen molar-refractivity contribution in [2.24, 2.45) is 0 Å². The van der Waals surface area contributed by atoms with Crippen molar-refractivity contribution in [2.75, 3.05) is 12.1 Å². The molecular weight excluding hydrogens is 186 g/mol. The smallest absolute Gasteiger partial charge is 0.231 e. The van der Waals surface area contributed by atoms with Crippen molar-refractivity contribution in [3.05, 3.63) is 12.1 Å². The second-order valence-electron chi connectivity index (χ2n) is 3.08. The van der Waals surface area contributed by atoms with E-state index < -0.39 is 0 Å². The van der Waals surface area contributed by atoms with E-state index in [1.807, 2.05) is 17.8 Å². The van der Waals surface area contributed by atoms with Gasteiger partial charge in [-0.2, -0.15) is 0 Å². The molecule has 1 N–H and O–H groups in total. The first kappa shape index (κ1) is 7.38. The quantitative estimate of drug-likeness (QED) is 0.688.